The standard InChI is InChI=1S/C16H27NO4.C10H19NO3.C6H10O2/c1-2-21-15(19)13(16(20)10-6-3-7-11-16)17-14(18)12-8-4-5-9-12;1-2-14-9(12)8(11)10(13)6-4-3-5-7-10;7-6(8)5-3-1-2-4-5/h12-13,20H,2-11H2,1H3,(H,17,18);8,13H,2-7,11H2,1H3;5H,1-4H2,(H,7,8). The summed E-state index contributed by atoms with van der Waals surface area (Å²) in [5.41, 5.74) is 3.50. The molecule has 2 atom stereocenters. The number of aliphatic carboxylic acids is 1. The number of ether oxygens (including phenoxy) is 2. The van der Waals surface area contributed by atoms with Crippen LogP contribution in [-0.4, -0.2) is 75.6 Å². The molecule has 0 spiro atoms. The summed E-state index contributed by atoms with van der Waals surface area (Å²) >= 11 is 0. The number of esters is 2. The van der Waals surface area contributed by atoms with Crippen LogP contribution in [0.25, 0.3) is 0 Å². The number of carboxylic acids is 1. The highest BCUT2D eigenvalue weighted by atomic mass is 16.5. The van der Waals surface area contributed by atoms with E-state index in [9.17, 15) is 29.4 Å². The normalized spacial score (nSPS) is 22.9. The minimum atomic E-state index is -1.15. The summed E-state index contributed by atoms with van der Waals surface area (Å²) in [6.45, 7) is 4.03. The van der Waals surface area contributed by atoms with Crippen molar-refractivity contribution < 1.29 is 44.0 Å². The Balaban J connectivity index is 0.000000251. The Morgan fingerprint density at radius 2 is 1.12 bits per heavy atom. The highest BCUT2D eigenvalue weighted by Crippen LogP contribution is 2.33. The third-order valence-corrected chi connectivity index (χ3v) is 9.33. The molecular weight excluding hydrogens is 556 g/mol. The molecule has 6 N–H and O–H groups in total. The van der Waals surface area contributed by atoms with Gasteiger partial charge in [-0.25, -0.2) is 4.79 Å². The Hall–Kier alpha value is -2.24. The molecule has 11 heteroatoms. The van der Waals surface area contributed by atoms with Crippen LogP contribution in [0.1, 0.15) is 129 Å². The second-order valence-electron chi connectivity index (χ2n) is 12.6. The molecule has 0 aliphatic heterocycles. The fourth-order valence-corrected chi connectivity index (χ4v) is 6.64. The number of nitrogens with one attached hydrogen (secondary N) is 1. The van der Waals surface area contributed by atoms with Gasteiger partial charge in [-0.05, 0) is 65.2 Å². The number of hydrogen-bond acceptors (Lipinski definition) is 9. The van der Waals surface area contributed by atoms with Gasteiger partial charge in [0.25, 0.3) is 0 Å². The van der Waals surface area contributed by atoms with Crippen LogP contribution in [-0.2, 0) is 28.7 Å². The molecule has 0 bridgehead atoms. The molecule has 0 heterocycles. The summed E-state index contributed by atoms with van der Waals surface area (Å²) < 4.78 is 9.87. The Kier molecular flexibility index (Phi) is 15.9. The maximum Gasteiger partial charge on any atom is 0.331 e. The summed E-state index contributed by atoms with van der Waals surface area (Å²) in [6.07, 6.45) is 16.0. The van der Waals surface area contributed by atoms with E-state index in [0.717, 1.165) is 89.9 Å². The van der Waals surface area contributed by atoms with E-state index in [1.807, 2.05) is 0 Å². The maximum absolute atomic E-state index is 12.3. The number of carbonyl (C=O) groups excluding carboxylic acids is 3. The predicted octanol–water partition coefficient (Wildman–Crippen LogP) is 3.75. The molecular formula is C32H56N2O9. The van der Waals surface area contributed by atoms with E-state index >= 15 is 0 Å². The zero-order valence-electron chi connectivity index (χ0n) is 26.3. The second kappa shape index (κ2) is 18.5. The molecule has 4 rings (SSSR count). The van der Waals surface area contributed by atoms with Gasteiger partial charge < -0.3 is 35.8 Å². The van der Waals surface area contributed by atoms with Crippen molar-refractivity contribution in [3.8, 4) is 0 Å². The number of amides is 1. The highest BCUT2D eigenvalue weighted by molar-refractivity contribution is 5.86. The van der Waals surface area contributed by atoms with Crippen molar-refractivity contribution in [2.75, 3.05) is 13.2 Å². The predicted molar refractivity (Wildman–Crippen MR) is 161 cm³/mol. The minimum Gasteiger partial charge on any atom is -0.481 e. The van der Waals surface area contributed by atoms with Crippen LogP contribution in [0, 0.1) is 11.8 Å². The van der Waals surface area contributed by atoms with Gasteiger partial charge in [-0.15, -0.1) is 0 Å². The maximum atomic E-state index is 12.3. The summed E-state index contributed by atoms with van der Waals surface area (Å²) in [7, 11) is 0. The summed E-state index contributed by atoms with van der Waals surface area (Å²) in [5.74, 6) is -1.75. The zero-order chi connectivity index (χ0) is 31.9. The van der Waals surface area contributed by atoms with Crippen LogP contribution in [0.15, 0.2) is 0 Å². The zero-order valence-corrected chi connectivity index (χ0v) is 26.3. The lowest BCUT2D eigenvalue weighted by Gasteiger charge is -2.38. The Labute approximate surface area is 256 Å². The molecule has 43 heavy (non-hydrogen) atoms. The molecule has 1 amide bonds. The third-order valence-electron chi connectivity index (χ3n) is 9.33. The van der Waals surface area contributed by atoms with Crippen molar-refractivity contribution in [2.24, 2.45) is 17.6 Å². The van der Waals surface area contributed by atoms with Crippen molar-refractivity contribution in [3.63, 3.8) is 0 Å². The van der Waals surface area contributed by atoms with Gasteiger partial charge in [0, 0.05) is 5.92 Å². The molecule has 0 saturated heterocycles. The Morgan fingerprint density at radius 1 is 0.698 bits per heavy atom. The van der Waals surface area contributed by atoms with Crippen molar-refractivity contribution in [2.45, 2.75) is 153 Å². The van der Waals surface area contributed by atoms with Gasteiger partial charge in [0.1, 0.15) is 6.04 Å². The topological polar surface area (TPSA) is 185 Å². The van der Waals surface area contributed by atoms with Gasteiger partial charge >= 0.3 is 17.9 Å². The minimum absolute atomic E-state index is 0.0185. The van der Waals surface area contributed by atoms with Gasteiger partial charge in [-0.1, -0.05) is 64.2 Å². The molecule has 0 aromatic heterocycles. The average molecular weight is 613 g/mol. The number of rotatable bonds is 9. The van der Waals surface area contributed by atoms with Crippen LogP contribution >= 0.6 is 0 Å². The molecule has 4 aliphatic carbocycles. The van der Waals surface area contributed by atoms with E-state index in [1.54, 1.807) is 13.8 Å². The fraction of sp³-hybridized carbons (Fsp3) is 0.875. The average Bonchev–Trinajstić information content (AvgIpc) is 3.73. The largest absolute Gasteiger partial charge is 0.481 e. The lowest BCUT2D eigenvalue weighted by atomic mass is 9.79. The van der Waals surface area contributed by atoms with Crippen LogP contribution < -0.4 is 11.1 Å². The molecule has 4 fully saturated rings. The van der Waals surface area contributed by atoms with Crippen molar-refractivity contribution in [3.05, 3.63) is 0 Å². The Bertz CT molecular complexity index is 872. The van der Waals surface area contributed by atoms with E-state index in [4.69, 9.17) is 20.3 Å². The summed E-state index contributed by atoms with van der Waals surface area (Å²) in [4.78, 5) is 46.1. The van der Waals surface area contributed by atoms with Crippen LogP contribution in [0.3, 0.4) is 0 Å². The van der Waals surface area contributed by atoms with E-state index in [1.165, 1.54) is 0 Å². The first-order valence-electron chi connectivity index (χ1n) is 16.5. The molecule has 4 saturated carbocycles. The first kappa shape index (κ1) is 36.9. The van der Waals surface area contributed by atoms with Gasteiger partial charge in [-0.3, -0.25) is 14.4 Å². The van der Waals surface area contributed by atoms with E-state index in [0.29, 0.717) is 32.3 Å². The van der Waals surface area contributed by atoms with Gasteiger partial charge in [0.05, 0.1) is 30.3 Å². The van der Waals surface area contributed by atoms with Crippen molar-refractivity contribution >= 4 is 23.8 Å². The van der Waals surface area contributed by atoms with Crippen LogP contribution in [0.2, 0.25) is 0 Å². The SMILES string of the molecule is CCOC(=O)C(N)C1(O)CCCCC1.CCOC(=O)C(NC(=O)C1CCCC1)C1(O)CCCCC1.O=C(O)C1CCCC1. The number of nitrogens with two attached hydrogens (primary N) is 1. The van der Waals surface area contributed by atoms with E-state index in [-0.39, 0.29) is 24.3 Å². The number of carbonyl (C=O) groups is 4. The quantitative estimate of drug-likeness (QED) is 0.240. The molecule has 248 valence electrons. The first-order chi connectivity index (χ1) is 20.5. The number of aliphatic hydroxyl groups is 2. The molecule has 0 aromatic carbocycles. The van der Waals surface area contributed by atoms with Crippen molar-refractivity contribution in [1.29, 1.82) is 0 Å². The smallest absolute Gasteiger partial charge is 0.331 e. The van der Waals surface area contributed by atoms with E-state index in [2.05, 4.69) is 5.32 Å². The molecule has 0 radical (unpaired) electrons. The van der Waals surface area contributed by atoms with Crippen LogP contribution in [0.4, 0.5) is 0 Å². The Morgan fingerprint density at radius 3 is 1.53 bits per heavy atom. The highest BCUT2D eigenvalue weighted by Gasteiger charge is 2.45. The van der Waals surface area contributed by atoms with Gasteiger partial charge in [0.2, 0.25) is 5.91 Å². The summed E-state index contributed by atoms with van der Waals surface area (Å²) in [5, 5.41) is 32.1. The summed E-state index contributed by atoms with van der Waals surface area (Å²) in [6, 6.07) is -1.81. The molecule has 2 unspecified atom stereocenters. The van der Waals surface area contributed by atoms with Gasteiger partial charge in [-0.2, -0.15) is 0 Å². The molecule has 0 aromatic rings. The lowest BCUT2D eigenvalue weighted by molar-refractivity contribution is -0.158. The first-order valence-corrected chi connectivity index (χ1v) is 16.5. The number of carboxylic acid groups (broad SMARTS) is 1. The lowest BCUT2D eigenvalue weighted by Crippen LogP contribution is -2.59. The number of hydrogen-bond donors (Lipinski definition) is 5. The second-order valence-corrected chi connectivity index (χ2v) is 12.6. The molecule has 4 aliphatic rings. The third kappa shape index (κ3) is 11.6. The molecule has 11 nitrogen and oxygen atoms in total. The van der Waals surface area contributed by atoms with Crippen LogP contribution in [0.5, 0.6) is 0 Å². The monoisotopic (exact) mass is 612 g/mol. The van der Waals surface area contributed by atoms with Crippen molar-refractivity contribution in [1.82, 2.24) is 5.32 Å². The van der Waals surface area contributed by atoms with E-state index < -0.39 is 41.2 Å². The van der Waals surface area contributed by atoms with Gasteiger partial charge in [0.15, 0.2) is 6.04 Å². The fourth-order valence-electron chi connectivity index (χ4n) is 6.64.